The molecule has 0 amide bonds. The number of nitrogens with zero attached hydrogens (tertiary/aromatic N) is 2. The van der Waals surface area contributed by atoms with Crippen molar-refractivity contribution in [3.8, 4) is 0 Å². The van der Waals surface area contributed by atoms with Gasteiger partial charge >= 0.3 is 0 Å². The van der Waals surface area contributed by atoms with Gasteiger partial charge in [-0.05, 0) is 58.7 Å². The predicted molar refractivity (Wildman–Crippen MR) is 80.5 cm³/mol. The van der Waals surface area contributed by atoms with Crippen LogP contribution in [0.1, 0.15) is 22.8 Å². The summed E-state index contributed by atoms with van der Waals surface area (Å²) in [6.07, 6.45) is 3.58. The van der Waals surface area contributed by atoms with Crippen LogP contribution >= 0.6 is 15.9 Å². The Morgan fingerprint density at radius 1 is 1.26 bits per heavy atom. The molecule has 0 saturated heterocycles. The van der Waals surface area contributed by atoms with Gasteiger partial charge in [0.2, 0.25) is 0 Å². The summed E-state index contributed by atoms with van der Waals surface area (Å²) >= 11 is 3.52. The van der Waals surface area contributed by atoms with Gasteiger partial charge in [-0.15, -0.1) is 0 Å². The van der Waals surface area contributed by atoms with E-state index in [9.17, 15) is 4.79 Å². The largest absolute Gasteiger partial charge is 0.369 e. The summed E-state index contributed by atoms with van der Waals surface area (Å²) in [5.41, 5.74) is 2.97. The lowest BCUT2D eigenvalue weighted by Gasteiger charge is -2.21. The highest BCUT2D eigenvalue weighted by Crippen LogP contribution is 2.27. The fraction of sp³-hybridized carbons (Fsp3) is 0.200. The second kappa shape index (κ2) is 5.97. The molecular formula is C15H15BrN2O. The van der Waals surface area contributed by atoms with E-state index < -0.39 is 0 Å². The van der Waals surface area contributed by atoms with E-state index in [0.717, 1.165) is 16.7 Å². The normalized spacial score (nSPS) is 10.3. The number of benzene rings is 1. The minimum Gasteiger partial charge on any atom is -0.369 e. The van der Waals surface area contributed by atoms with Crippen LogP contribution in [-0.2, 0) is 6.54 Å². The number of carbonyl (C=O) groups is 1. The Bertz CT molecular complexity index is 584. The zero-order valence-electron chi connectivity index (χ0n) is 10.9. The first-order valence-electron chi connectivity index (χ1n) is 5.98. The van der Waals surface area contributed by atoms with Crippen LogP contribution in [0.3, 0.4) is 0 Å². The van der Waals surface area contributed by atoms with E-state index in [1.54, 1.807) is 19.3 Å². The second-order valence-corrected chi connectivity index (χ2v) is 5.29. The number of aromatic nitrogens is 1. The van der Waals surface area contributed by atoms with Crippen molar-refractivity contribution in [2.45, 2.75) is 13.5 Å². The summed E-state index contributed by atoms with van der Waals surface area (Å²) in [6, 6.07) is 9.66. The van der Waals surface area contributed by atoms with Crippen LogP contribution in [0.25, 0.3) is 0 Å². The van der Waals surface area contributed by atoms with Gasteiger partial charge in [-0.1, -0.05) is 0 Å². The third kappa shape index (κ3) is 3.41. The summed E-state index contributed by atoms with van der Waals surface area (Å²) in [4.78, 5) is 17.5. The highest BCUT2D eigenvalue weighted by Gasteiger charge is 2.09. The Labute approximate surface area is 121 Å². The molecule has 1 heterocycles. The van der Waals surface area contributed by atoms with Gasteiger partial charge in [-0.3, -0.25) is 9.78 Å². The average molecular weight is 319 g/mol. The van der Waals surface area contributed by atoms with Crippen LogP contribution in [-0.4, -0.2) is 17.8 Å². The minimum atomic E-state index is 0.0732. The fourth-order valence-electron chi connectivity index (χ4n) is 1.88. The van der Waals surface area contributed by atoms with Crippen molar-refractivity contribution in [2.24, 2.45) is 0 Å². The van der Waals surface area contributed by atoms with Gasteiger partial charge in [0, 0.05) is 36.0 Å². The molecule has 3 nitrogen and oxygen atoms in total. The Kier molecular flexibility index (Phi) is 4.32. The van der Waals surface area contributed by atoms with Crippen molar-refractivity contribution >= 4 is 27.4 Å². The van der Waals surface area contributed by atoms with Gasteiger partial charge in [-0.25, -0.2) is 0 Å². The number of carbonyl (C=O) groups excluding carboxylic acids is 1. The van der Waals surface area contributed by atoms with Crippen molar-refractivity contribution in [1.82, 2.24) is 4.98 Å². The van der Waals surface area contributed by atoms with E-state index in [-0.39, 0.29) is 5.78 Å². The highest BCUT2D eigenvalue weighted by atomic mass is 79.9. The van der Waals surface area contributed by atoms with E-state index in [1.807, 2.05) is 37.4 Å². The van der Waals surface area contributed by atoms with Crippen molar-refractivity contribution in [1.29, 1.82) is 0 Å². The molecule has 4 heteroatoms. The molecule has 0 fully saturated rings. The molecule has 0 radical (unpaired) electrons. The third-order valence-electron chi connectivity index (χ3n) is 2.93. The van der Waals surface area contributed by atoms with Gasteiger partial charge in [0.1, 0.15) is 0 Å². The lowest BCUT2D eigenvalue weighted by atomic mass is 10.1. The number of Topliss-reactive ketones (excluding diaryl/α,β-unsaturated/α-hetero) is 1. The molecule has 2 aromatic rings. The van der Waals surface area contributed by atoms with Crippen LogP contribution in [0, 0.1) is 0 Å². The van der Waals surface area contributed by atoms with Gasteiger partial charge in [-0.2, -0.15) is 0 Å². The van der Waals surface area contributed by atoms with Crippen molar-refractivity contribution in [2.75, 3.05) is 11.9 Å². The molecule has 0 aliphatic heterocycles. The van der Waals surface area contributed by atoms with E-state index in [1.165, 1.54) is 5.56 Å². The number of hydrogen-bond acceptors (Lipinski definition) is 3. The van der Waals surface area contributed by atoms with Crippen molar-refractivity contribution in [3.05, 3.63) is 58.3 Å². The van der Waals surface area contributed by atoms with Gasteiger partial charge in [0.25, 0.3) is 0 Å². The molecule has 0 aliphatic rings. The maximum Gasteiger partial charge on any atom is 0.159 e. The first-order valence-corrected chi connectivity index (χ1v) is 6.78. The van der Waals surface area contributed by atoms with Crippen molar-refractivity contribution in [3.63, 3.8) is 0 Å². The number of anilines is 1. The number of ketones is 1. The lowest BCUT2D eigenvalue weighted by Crippen LogP contribution is -2.17. The Morgan fingerprint density at radius 2 is 1.95 bits per heavy atom. The van der Waals surface area contributed by atoms with E-state index in [2.05, 4.69) is 25.8 Å². The molecule has 1 aromatic carbocycles. The summed E-state index contributed by atoms with van der Waals surface area (Å²) in [6.45, 7) is 2.36. The molecule has 0 unspecified atom stereocenters. The number of halogens is 1. The topological polar surface area (TPSA) is 33.2 Å². The zero-order valence-corrected chi connectivity index (χ0v) is 12.5. The number of rotatable bonds is 4. The monoisotopic (exact) mass is 318 g/mol. The highest BCUT2D eigenvalue weighted by molar-refractivity contribution is 9.10. The van der Waals surface area contributed by atoms with Crippen LogP contribution in [0.5, 0.6) is 0 Å². The van der Waals surface area contributed by atoms with Crippen LogP contribution in [0.4, 0.5) is 5.69 Å². The molecule has 0 bridgehead atoms. The molecule has 1 aromatic heterocycles. The van der Waals surface area contributed by atoms with Crippen molar-refractivity contribution < 1.29 is 4.79 Å². The molecule has 2 rings (SSSR count). The standard InChI is InChI=1S/C15H15BrN2O/c1-11(19)13-3-4-15(14(16)9-13)18(2)10-12-5-7-17-8-6-12/h3-9H,10H2,1-2H3. The average Bonchev–Trinajstić information content (AvgIpc) is 2.39. The molecule has 0 N–H and O–H groups in total. The smallest absolute Gasteiger partial charge is 0.159 e. The first-order chi connectivity index (χ1) is 9.08. The van der Waals surface area contributed by atoms with Gasteiger partial charge in [0.15, 0.2) is 5.78 Å². The van der Waals surface area contributed by atoms with Crippen LogP contribution in [0.15, 0.2) is 47.2 Å². The van der Waals surface area contributed by atoms with E-state index in [0.29, 0.717) is 5.56 Å². The minimum absolute atomic E-state index is 0.0732. The summed E-state index contributed by atoms with van der Waals surface area (Å²) in [7, 11) is 2.02. The fourth-order valence-corrected chi connectivity index (χ4v) is 2.56. The van der Waals surface area contributed by atoms with E-state index in [4.69, 9.17) is 0 Å². The molecule has 0 atom stereocenters. The molecule has 0 spiro atoms. The molecule has 0 aliphatic carbocycles. The quantitative estimate of drug-likeness (QED) is 0.806. The maximum absolute atomic E-state index is 11.3. The van der Waals surface area contributed by atoms with Gasteiger partial charge < -0.3 is 4.90 Å². The number of pyridine rings is 1. The molecular weight excluding hydrogens is 304 g/mol. The van der Waals surface area contributed by atoms with Crippen LogP contribution < -0.4 is 4.90 Å². The molecule has 19 heavy (non-hydrogen) atoms. The Morgan fingerprint density at radius 3 is 2.53 bits per heavy atom. The Balaban J connectivity index is 2.20. The second-order valence-electron chi connectivity index (χ2n) is 4.43. The molecule has 98 valence electrons. The SMILES string of the molecule is CC(=O)c1ccc(N(C)Cc2ccncc2)c(Br)c1. The van der Waals surface area contributed by atoms with Gasteiger partial charge in [0.05, 0.1) is 5.69 Å². The zero-order chi connectivity index (χ0) is 13.8. The summed E-state index contributed by atoms with van der Waals surface area (Å²) in [5.74, 6) is 0.0732. The van der Waals surface area contributed by atoms with Crippen LogP contribution in [0.2, 0.25) is 0 Å². The Hall–Kier alpha value is -1.68. The third-order valence-corrected chi connectivity index (χ3v) is 3.57. The maximum atomic E-state index is 11.3. The lowest BCUT2D eigenvalue weighted by molar-refractivity contribution is 0.101. The number of hydrogen-bond donors (Lipinski definition) is 0. The predicted octanol–water partition coefficient (Wildman–Crippen LogP) is 3.68. The summed E-state index contributed by atoms with van der Waals surface area (Å²) < 4.78 is 0.928. The van der Waals surface area contributed by atoms with E-state index >= 15 is 0 Å². The molecule has 0 saturated carbocycles. The first kappa shape index (κ1) is 13.7. The summed E-state index contributed by atoms with van der Waals surface area (Å²) in [5, 5.41) is 0.